The molecule has 0 aliphatic rings. The second kappa shape index (κ2) is 9.07. The minimum atomic E-state index is -0.0506. The average molecular weight is 372 g/mol. The first kappa shape index (κ1) is 21.0. The van der Waals surface area contributed by atoms with E-state index in [2.05, 4.69) is 37.8 Å². The molecule has 5 nitrogen and oxygen atoms in total. The van der Waals surface area contributed by atoms with Crippen LogP contribution in [0.3, 0.4) is 0 Å². The van der Waals surface area contributed by atoms with E-state index in [4.69, 9.17) is 4.52 Å². The van der Waals surface area contributed by atoms with E-state index in [1.807, 2.05) is 56.1 Å². The van der Waals surface area contributed by atoms with Crippen LogP contribution in [0.2, 0.25) is 0 Å². The van der Waals surface area contributed by atoms with Crippen molar-refractivity contribution in [3.63, 3.8) is 0 Å². The first-order valence-corrected chi connectivity index (χ1v) is 9.85. The Kier molecular flexibility index (Phi) is 7.05. The lowest BCUT2D eigenvalue weighted by molar-refractivity contribution is -0.137. The van der Waals surface area contributed by atoms with Crippen molar-refractivity contribution in [2.24, 2.45) is 5.92 Å². The van der Waals surface area contributed by atoms with Crippen LogP contribution in [0.25, 0.3) is 11.3 Å². The molecule has 0 unspecified atom stereocenters. The second-order valence-corrected chi connectivity index (χ2v) is 7.76. The molecule has 1 heterocycles. The molecule has 0 saturated carbocycles. The molecule has 0 fully saturated rings. The van der Waals surface area contributed by atoms with Crippen LogP contribution in [-0.2, 0) is 11.3 Å². The van der Waals surface area contributed by atoms with Crippen LogP contribution in [0.1, 0.15) is 53.5 Å². The standard InChI is InChI=1S/C22H33N3O2/c1-8-17(6)25(21(26)15(2)3)14-19-20(18-12-10-9-11-13-18)23-27-22(19)24(7)16(4)5/h9-13,15-17H,8,14H2,1-7H3/t17-/m1/s1. The molecule has 2 rings (SSSR count). The third kappa shape index (κ3) is 4.71. The van der Waals surface area contributed by atoms with E-state index in [1.165, 1.54) is 0 Å². The first-order chi connectivity index (χ1) is 12.8. The van der Waals surface area contributed by atoms with Crippen molar-refractivity contribution in [3.8, 4) is 11.3 Å². The lowest BCUT2D eigenvalue weighted by Gasteiger charge is -2.31. The summed E-state index contributed by atoms with van der Waals surface area (Å²) >= 11 is 0. The second-order valence-electron chi connectivity index (χ2n) is 7.76. The van der Waals surface area contributed by atoms with Crippen molar-refractivity contribution in [2.75, 3.05) is 11.9 Å². The van der Waals surface area contributed by atoms with Gasteiger partial charge in [0.25, 0.3) is 0 Å². The van der Waals surface area contributed by atoms with Crippen LogP contribution in [0.15, 0.2) is 34.9 Å². The van der Waals surface area contributed by atoms with Gasteiger partial charge in [-0.25, -0.2) is 0 Å². The molecule has 1 aromatic carbocycles. The molecule has 1 atom stereocenters. The van der Waals surface area contributed by atoms with Gasteiger partial charge in [-0.3, -0.25) is 4.79 Å². The number of carbonyl (C=O) groups excluding carboxylic acids is 1. The highest BCUT2D eigenvalue weighted by molar-refractivity contribution is 5.79. The maximum absolute atomic E-state index is 12.9. The van der Waals surface area contributed by atoms with Crippen molar-refractivity contribution in [3.05, 3.63) is 35.9 Å². The Morgan fingerprint density at radius 2 is 1.74 bits per heavy atom. The van der Waals surface area contributed by atoms with Gasteiger partial charge in [0.2, 0.25) is 11.8 Å². The Bertz CT molecular complexity index is 737. The summed E-state index contributed by atoms with van der Waals surface area (Å²) in [5.74, 6) is 0.835. The Morgan fingerprint density at radius 1 is 1.11 bits per heavy atom. The van der Waals surface area contributed by atoms with Crippen molar-refractivity contribution in [2.45, 2.75) is 66.6 Å². The minimum absolute atomic E-state index is 0.0506. The molecule has 27 heavy (non-hydrogen) atoms. The monoisotopic (exact) mass is 371 g/mol. The van der Waals surface area contributed by atoms with Crippen LogP contribution < -0.4 is 4.90 Å². The number of benzene rings is 1. The van der Waals surface area contributed by atoms with Crippen LogP contribution in [0.5, 0.6) is 0 Å². The summed E-state index contributed by atoms with van der Waals surface area (Å²) in [6, 6.07) is 10.4. The molecule has 0 saturated heterocycles. The number of nitrogens with zero attached hydrogens (tertiary/aromatic N) is 3. The summed E-state index contributed by atoms with van der Waals surface area (Å²) in [6.07, 6.45) is 0.903. The molecule has 1 amide bonds. The van der Waals surface area contributed by atoms with E-state index in [1.54, 1.807) is 0 Å². The molecule has 5 heteroatoms. The molecule has 0 aliphatic heterocycles. The largest absolute Gasteiger partial charge is 0.341 e. The van der Waals surface area contributed by atoms with Crippen LogP contribution in [0, 0.1) is 5.92 Å². The fraction of sp³-hybridized carbons (Fsp3) is 0.545. The highest BCUT2D eigenvalue weighted by Gasteiger charge is 2.28. The normalized spacial score (nSPS) is 12.5. The van der Waals surface area contributed by atoms with Gasteiger partial charge in [0.05, 0.1) is 12.1 Å². The van der Waals surface area contributed by atoms with E-state index in [0.29, 0.717) is 6.54 Å². The summed E-state index contributed by atoms with van der Waals surface area (Å²) in [7, 11) is 2.00. The topological polar surface area (TPSA) is 49.6 Å². The number of aromatic nitrogens is 1. The van der Waals surface area contributed by atoms with Gasteiger partial charge in [-0.15, -0.1) is 0 Å². The van der Waals surface area contributed by atoms with E-state index >= 15 is 0 Å². The number of amides is 1. The average Bonchev–Trinajstić information content (AvgIpc) is 3.08. The van der Waals surface area contributed by atoms with Gasteiger partial charge < -0.3 is 14.3 Å². The SMILES string of the molecule is CC[C@@H](C)N(Cc1c(-c2ccccc2)noc1N(C)C(C)C)C(=O)C(C)C. The molecule has 0 radical (unpaired) electrons. The third-order valence-electron chi connectivity index (χ3n) is 5.14. The molecule has 2 aromatic rings. The number of rotatable bonds is 8. The molecular weight excluding hydrogens is 338 g/mol. The van der Waals surface area contributed by atoms with Crippen molar-refractivity contribution < 1.29 is 9.32 Å². The number of carbonyl (C=O) groups is 1. The molecule has 148 valence electrons. The Balaban J connectivity index is 2.53. The summed E-state index contributed by atoms with van der Waals surface area (Å²) in [4.78, 5) is 16.9. The maximum atomic E-state index is 12.9. The van der Waals surface area contributed by atoms with Crippen LogP contribution in [-0.4, -0.2) is 35.1 Å². The Hall–Kier alpha value is -2.30. The van der Waals surface area contributed by atoms with Gasteiger partial charge in [0, 0.05) is 30.6 Å². The zero-order valence-electron chi connectivity index (χ0n) is 17.7. The van der Waals surface area contributed by atoms with Gasteiger partial charge in [-0.2, -0.15) is 0 Å². The Morgan fingerprint density at radius 3 is 2.26 bits per heavy atom. The van der Waals surface area contributed by atoms with Gasteiger partial charge in [0.15, 0.2) is 0 Å². The van der Waals surface area contributed by atoms with E-state index in [9.17, 15) is 4.79 Å². The summed E-state index contributed by atoms with van der Waals surface area (Å²) in [6.45, 7) is 12.8. The summed E-state index contributed by atoms with van der Waals surface area (Å²) < 4.78 is 5.77. The molecule has 0 spiro atoms. The molecule has 0 aliphatic carbocycles. The first-order valence-electron chi connectivity index (χ1n) is 9.85. The van der Waals surface area contributed by atoms with Gasteiger partial charge in [-0.05, 0) is 27.2 Å². The summed E-state index contributed by atoms with van der Waals surface area (Å²) in [5, 5.41) is 4.38. The lowest BCUT2D eigenvalue weighted by atomic mass is 10.0. The zero-order chi connectivity index (χ0) is 20.1. The van der Waals surface area contributed by atoms with Gasteiger partial charge >= 0.3 is 0 Å². The zero-order valence-corrected chi connectivity index (χ0v) is 17.7. The predicted octanol–water partition coefficient (Wildman–Crippen LogP) is 4.97. The Labute approximate surface area is 163 Å². The highest BCUT2D eigenvalue weighted by atomic mass is 16.5. The number of hydrogen-bond donors (Lipinski definition) is 0. The van der Waals surface area contributed by atoms with E-state index in [0.717, 1.165) is 29.1 Å². The van der Waals surface area contributed by atoms with Crippen LogP contribution in [0.4, 0.5) is 5.88 Å². The summed E-state index contributed by atoms with van der Waals surface area (Å²) in [5.41, 5.74) is 2.77. The fourth-order valence-corrected chi connectivity index (χ4v) is 2.95. The molecular formula is C22H33N3O2. The number of hydrogen-bond acceptors (Lipinski definition) is 4. The van der Waals surface area contributed by atoms with Gasteiger partial charge in [-0.1, -0.05) is 56.3 Å². The maximum Gasteiger partial charge on any atom is 0.232 e. The minimum Gasteiger partial charge on any atom is -0.341 e. The fourth-order valence-electron chi connectivity index (χ4n) is 2.95. The van der Waals surface area contributed by atoms with E-state index in [-0.39, 0.29) is 23.9 Å². The predicted molar refractivity (Wildman–Crippen MR) is 111 cm³/mol. The van der Waals surface area contributed by atoms with Crippen molar-refractivity contribution >= 4 is 11.8 Å². The molecule has 1 aromatic heterocycles. The molecule has 0 N–H and O–H groups in total. The van der Waals surface area contributed by atoms with Crippen molar-refractivity contribution in [1.82, 2.24) is 10.1 Å². The van der Waals surface area contributed by atoms with Crippen LogP contribution >= 0.6 is 0 Å². The third-order valence-corrected chi connectivity index (χ3v) is 5.14. The smallest absolute Gasteiger partial charge is 0.232 e. The lowest BCUT2D eigenvalue weighted by Crippen LogP contribution is -2.40. The molecule has 0 bridgehead atoms. The number of anilines is 1. The van der Waals surface area contributed by atoms with Gasteiger partial charge in [0.1, 0.15) is 5.69 Å². The van der Waals surface area contributed by atoms with Crippen molar-refractivity contribution in [1.29, 1.82) is 0 Å². The highest BCUT2D eigenvalue weighted by Crippen LogP contribution is 2.33. The quantitative estimate of drug-likeness (QED) is 0.657. The van der Waals surface area contributed by atoms with E-state index < -0.39 is 0 Å².